The van der Waals surface area contributed by atoms with E-state index < -0.39 is 0 Å². The molecule has 0 bridgehead atoms. The number of rotatable bonds is 8. The molecule has 23 heavy (non-hydrogen) atoms. The lowest BCUT2D eigenvalue weighted by Gasteiger charge is -2.20. The highest BCUT2D eigenvalue weighted by Gasteiger charge is 2.14. The highest BCUT2D eigenvalue weighted by molar-refractivity contribution is 5.77. The van der Waals surface area contributed by atoms with Crippen molar-refractivity contribution >= 4 is 5.91 Å². The van der Waals surface area contributed by atoms with Crippen molar-refractivity contribution in [3.63, 3.8) is 0 Å². The van der Waals surface area contributed by atoms with Gasteiger partial charge in [-0.05, 0) is 24.6 Å². The van der Waals surface area contributed by atoms with Crippen LogP contribution in [0.25, 0.3) is 0 Å². The summed E-state index contributed by atoms with van der Waals surface area (Å²) in [7, 11) is 1.60. The molecular weight excluding hydrogens is 290 g/mol. The summed E-state index contributed by atoms with van der Waals surface area (Å²) in [6.07, 6.45) is 2.70. The molecule has 2 aromatic rings. The van der Waals surface area contributed by atoms with E-state index in [1.165, 1.54) is 0 Å². The topological polar surface area (TPSA) is 63.3 Å². The molecule has 1 heterocycles. The Bertz CT molecular complexity index is 617. The van der Waals surface area contributed by atoms with Crippen LogP contribution in [0.5, 0.6) is 5.75 Å². The zero-order valence-corrected chi connectivity index (χ0v) is 13.6. The average Bonchev–Trinajstić information content (AvgIpc) is 2.62. The van der Waals surface area contributed by atoms with Crippen molar-refractivity contribution in [3.8, 4) is 5.75 Å². The number of aromatic nitrogens is 1. The standard InChI is InChI=1S/C18H23N3O2/c1-3-16(21-12-14-8-6-7-11-20-14)15-9-4-5-10-17(15)23-13-18(22)19-2/h4-11,16,21H,3,12-13H2,1-2H3,(H,19,22)/t16-/m1/s1. The maximum atomic E-state index is 11.4. The van der Waals surface area contributed by atoms with E-state index in [2.05, 4.69) is 22.5 Å². The summed E-state index contributed by atoms with van der Waals surface area (Å²) in [5.74, 6) is 0.589. The Morgan fingerprint density at radius 1 is 1.22 bits per heavy atom. The fraction of sp³-hybridized carbons (Fsp3) is 0.333. The van der Waals surface area contributed by atoms with E-state index in [4.69, 9.17) is 4.74 Å². The van der Waals surface area contributed by atoms with Gasteiger partial charge in [-0.1, -0.05) is 31.2 Å². The molecule has 0 aliphatic heterocycles. The number of ether oxygens (including phenoxy) is 1. The molecule has 1 aromatic heterocycles. The Hall–Kier alpha value is -2.40. The molecule has 5 heteroatoms. The predicted molar refractivity (Wildman–Crippen MR) is 90.1 cm³/mol. The van der Waals surface area contributed by atoms with Gasteiger partial charge >= 0.3 is 0 Å². The van der Waals surface area contributed by atoms with Crippen LogP contribution in [0.4, 0.5) is 0 Å². The zero-order chi connectivity index (χ0) is 16.5. The molecule has 0 unspecified atom stereocenters. The van der Waals surface area contributed by atoms with Gasteiger partial charge < -0.3 is 15.4 Å². The van der Waals surface area contributed by atoms with E-state index in [9.17, 15) is 4.79 Å². The van der Waals surface area contributed by atoms with E-state index in [0.29, 0.717) is 6.54 Å². The maximum Gasteiger partial charge on any atom is 0.257 e. The number of carbonyl (C=O) groups excluding carboxylic acids is 1. The second kappa shape index (κ2) is 8.90. The number of hydrogen-bond acceptors (Lipinski definition) is 4. The van der Waals surface area contributed by atoms with Crippen molar-refractivity contribution in [1.29, 1.82) is 0 Å². The molecule has 1 aromatic carbocycles. The van der Waals surface area contributed by atoms with Crippen LogP contribution in [0.1, 0.15) is 30.6 Å². The van der Waals surface area contributed by atoms with E-state index in [0.717, 1.165) is 23.4 Å². The van der Waals surface area contributed by atoms with Gasteiger partial charge in [0.15, 0.2) is 6.61 Å². The third kappa shape index (κ3) is 5.07. The lowest BCUT2D eigenvalue weighted by atomic mass is 10.0. The van der Waals surface area contributed by atoms with E-state index in [-0.39, 0.29) is 18.6 Å². The Balaban J connectivity index is 2.06. The third-order valence-corrected chi connectivity index (χ3v) is 3.60. The van der Waals surface area contributed by atoms with Crippen molar-refractivity contribution in [2.45, 2.75) is 25.9 Å². The normalized spacial score (nSPS) is 11.7. The lowest BCUT2D eigenvalue weighted by Crippen LogP contribution is -2.26. The Kier molecular flexibility index (Phi) is 6.56. The number of carbonyl (C=O) groups is 1. The van der Waals surface area contributed by atoms with Gasteiger partial charge in [0.1, 0.15) is 5.75 Å². The minimum absolute atomic E-state index is 0.0180. The molecule has 1 atom stereocenters. The number of nitrogens with one attached hydrogen (secondary N) is 2. The molecule has 0 saturated heterocycles. The van der Waals surface area contributed by atoms with Gasteiger partial charge in [0.2, 0.25) is 0 Å². The molecule has 0 saturated carbocycles. The number of para-hydroxylation sites is 1. The monoisotopic (exact) mass is 313 g/mol. The van der Waals surface area contributed by atoms with Crippen LogP contribution >= 0.6 is 0 Å². The van der Waals surface area contributed by atoms with Gasteiger partial charge in [-0.25, -0.2) is 0 Å². The molecule has 0 spiro atoms. The molecule has 0 aliphatic carbocycles. The summed E-state index contributed by atoms with van der Waals surface area (Å²) in [4.78, 5) is 15.7. The van der Waals surface area contributed by atoms with Gasteiger partial charge in [-0.2, -0.15) is 0 Å². The first-order chi connectivity index (χ1) is 11.2. The first-order valence-corrected chi connectivity index (χ1v) is 7.80. The van der Waals surface area contributed by atoms with Crippen LogP contribution in [0.3, 0.4) is 0 Å². The molecule has 5 nitrogen and oxygen atoms in total. The zero-order valence-electron chi connectivity index (χ0n) is 13.6. The van der Waals surface area contributed by atoms with E-state index >= 15 is 0 Å². The van der Waals surface area contributed by atoms with E-state index in [1.807, 2.05) is 42.5 Å². The second-order valence-electron chi connectivity index (χ2n) is 5.16. The Morgan fingerprint density at radius 3 is 2.70 bits per heavy atom. The molecule has 1 amide bonds. The van der Waals surface area contributed by atoms with Crippen LogP contribution in [-0.2, 0) is 11.3 Å². The van der Waals surface area contributed by atoms with Gasteiger partial charge in [0.05, 0.1) is 5.69 Å². The molecule has 0 fully saturated rings. The summed E-state index contributed by atoms with van der Waals surface area (Å²) in [5.41, 5.74) is 2.05. The van der Waals surface area contributed by atoms with Crippen LogP contribution in [0.15, 0.2) is 48.7 Å². The van der Waals surface area contributed by atoms with Crippen LogP contribution in [0.2, 0.25) is 0 Å². The minimum atomic E-state index is -0.144. The number of benzene rings is 1. The fourth-order valence-electron chi connectivity index (χ4n) is 2.32. The van der Waals surface area contributed by atoms with Crippen molar-refractivity contribution in [2.75, 3.05) is 13.7 Å². The highest BCUT2D eigenvalue weighted by Crippen LogP contribution is 2.27. The van der Waals surface area contributed by atoms with Gasteiger partial charge in [-0.15, -0.1) is 0 Å². The van der Waals surface area contributed by atoms with Crippen molar-refractivity contribution in [1.82, 2.24) is 15.6 Å². The number of likely N-dealkylation sites (N-methyl/N-ethyl adjacent to an activating group) is 1. The Morgan fingerprint density at radius 2 is 2.00 bits per heavy atom. The summed E-state index contributed by atoms with van der Waals surface area (Å²) >= 11 is 0. The summed E-state index contributed by atoms with van der Waals surface area (Å²) < 4.78 is 5.66. The lowest BCUT2D eigenvalue weighted by molar-refractivity contribution is -0.122. The molecule has 0 aliphatic rings. The van der Waals surface area contributed by atoms with Gasteiger partial charge in [0, 0.05) is 31.4 Å². The summed E-state index contributed by atoms with van der Waals surface area (Å²) in [6, 6.07) is 13.8. The molecule has 2 rings (SSSR count). The smallest absolute Gasteiger partial charge is 0.257 e. The second-order valence-corrected chi connectivity index (χ2v) is 5.16. The highest BCUT2D eigenvalue weighted by atomic mass is 16.5. The van der Waals surface area contributed by atoms with Gasteiger partial charge in [-0.3, -0.25) is 9.78 Å². The Labute approximate surface area is 137 Å². The van der Waals surface area contributed by atoms with Crippen molar-refractivity contribution < 1.29 is 9.53 Å². The first kappa shape index (κ1) is 17.0. The maximum absolute atomic E-state index is 11.4. The average molecular weight is 313 g/mol. The van der Waals surface area contributed by atoms with Crippen molar-refractivity contribution in [3.05, 3.63) is 59.9 Å². The van der Waals surface area contributed by atoms with Gasteiger partial charge in [0.25, 0.3) is 5.91 Å². The first-order valence-electron chi connectivity index (χ1n) is 7.80. The number of amides is 1. The number of nitrogens with zero attached hydrogens (tertiary/aromatic N) is 1. The number of hydrogen-bond donors (Lipinski definition) is 2. The molecular formula is C18H23N3O2. The largest absolute Gasteiger partial charge is 0.483 e. The minimum Gasteiger partial charge on any atom is -0.483 e. The molecule has 2 N–H and O–H groups in total. The van der Waals surface area contributed by atoms with Crippen molar-refractivity contribution in [2.24, 2.45) is 0 Å². The number of pyridine rings is 1. The van der Waals surface area contributed by atoms with Crippen LogP contribution < -0.4 is 15.4 Å². The molecule has 122 valence electrons. The predicted octanol–water partition coefficient (Wildman–Crippen LogP) is 2.45. The SMILES string of the molecule is CC[C@@H](NCc1ccccn1)c1ccccc1OCC(=O)NC. The third-order valence-electron chi connectivity index (χ3n) is 3.60. The quantitative estimate of drug-likeness (QED) is 0.786. The summed E-state index contributed by atoms with van der Waals surface area (Å²) in [6.45, 7) is 2.82. The molecule has 0 radical (unpaired) electrons. The van der Waals surface area contributed by atoms with Crippen LogP contribution in [-0.4, -0.2) is 24.5 Å². The van der Waals surface area contributed by atoms with E-state index in [1.54, 1.807) is 13.2 Å². The fourth-order valence-corrected chi connectivity index (χ4v) is 2.32. The summed E-state index contributed by atoms with van der Waals surface area (Å²) in [5, 5.41) is 6.06. The van der Waals surface area contributed by atoms with Crippen LogP contribution in [0, 0.1) is 0 Å².